The first-order valence-corrected chi connectivity index (χ1v) is 11.8. The lowest BCUT2D eigenvalue weighted by Gasteiger charge is -2.25. The maximum atomic E-state index is 13.2. The largest absolute Gasteiger partial charge is 0.395 e. The van der Waals surface area contributed by atoms with E-state index in [-0.39, 0.29) is 4.90 Å². The summed E-state index contributed by atoms with van der Waals surface area (Å²) in [6, 6.07) is 6.14. The second-order valence-corrected chi connectivity index (χ2v) is 9.61. The number of rotatable bonds is 7. The molecule has 0 fully saturated rings. The molecule has 0 aliphatic heterocycles. The molecule has 0 amide bonds. The fourth-order valence-electron chi connectivity index (χ4n) is 3.36. The Kier molecular flexibility index (Phi) is 7.33. The molecule has 0 radical (unpaired) electrons. The van der Waals surface area contributed by atoms with Crippen LogP contribution in [0.2, 0.25) is 0 Å². The first kappa shape index (κ1) is 22.9. The van der Waals surface area contributed by atoms with Crippen molar-refractivity contribution in [2.24, 2.45) is 0 Å². The van der Waals surface area contributed by atoms with Gasteiger partial charge in [-0.25, -0.2) is 13.1 Å². The lowest BCUT2D eigenvalue weighted by molar-refractivity contribution is 0.101. The molecule has 0 saturated carbocycles. The highest BCUT2D eigenvalue weighted by Crippen LogP contribution is 2.30. The van der Waals surface area contributed by atoms with Gasteiger partial charge in [0.05, 0.1) is 23.6 Å². The van der Waals surface area contributed by atoms with Crippen molar-refractivity contribution in [2.45, 2.75) is 56.6 Å². The fraction of sp³-hybridized carbons (Fsp3) is 0.429. The number of aliphatic hydroxyl groups excluding tert-OH is 2. The summed E-state index contributed by atoms with van der Waals surface area (Å²) in [5.41, 5.74) is 4.84. The number of sulfonamides is 1. The van der Waals surface area contributed by atoms with Gasteiger partial charge in [-0.05, 0) is 86.4 Å². The molecular formula is C21H29NO4S2. The molecule has 154 valence electrons. The molecule has 2 rings (SSSR count). The molecule has 0 aliphatic rings. The molecule has 5 nitrogen and oxygen atoms in total. The fourth-order valence-corrected chi connectivity index (χ4v) is 5.60. The van der Waals surface area contributed by atoms with Crippen LogP contribution in [0.4, 0.5) is 0 Å². The minimum Gasteiger partial charge on any atom is -0.395 e. The van der Waals surface area contributed by atoms with Gasteiger partial charge < -0.3 is 10.2 Å². The third kappa shape index (κ3) is 4.44. The molecule has 0 saturated heterocycles. The lowest BCUT2D eigenvalue weighted by Crippen LogP contribution is -2.42. The van der Waals surface area contributed by atoms with Crippen molar-refractivity contribution in [2.75, 3.05) is 12.9 Å². The number of hydrogen-bond acceptors (Lipinski definition) is 5. The topological polar surface area (TPSA) is 86.6 Å². The molecule has 2 aromatic rings. The molecule has 3 N–H and O–H groups in total. The third-order valence-electron chi connectivity index (χ3n) is 5.54. The average molecular weight is 424 g/mol. The van der Waals surface area contributed by atoms with E-state index >= 15 is 0 Å². The summed E-state index contributed by atoms with van der Waals surface area (Å²) < 4.78 is 28.8. The van der Waals surface area contributed by atoms with Crippen LogP contribution in [0, 0.1) is 34.6 Å². The minimum atomic E-state index is -3.93. The van der Waals surface area contributed by atoms with E-state index in [9.17, 15) is 18.6 Å². The Labute approximate surface area is 172 Å². The highest BCUT2D eigenvalue weighted by molar-refractivity contribution is 7.98. The molecule has 2 unspecified atom stereocenters. The van der Waals surface area contributed by atoms with Gasteiger partial charge in [0.1, 0.15) is 0 Å². The summed E-state index contributed by atoms with van der Waals surface area (Å²) in [6.07, 6.45) is 0.788. The summed E-state index contributed by atoms with van der Waals surface area (Å²) >= 11 is 1.58. The van der Waals surface area contributed by atoms with Gasteiger partial charge >= 0.3 is 0 Å². The summed E-state index contributed by atoms with van der Waals surface area (Å²) in [6.45, 7) is 8.84. The minimum absolute atomic E-state index is 0.219. The van der Waals surface area contributed by atoms with Crippen LogP contribution in [0.3, 0.4) is 0 Å². The third-order valence-corrected chi connectivity index (χ3v) is 8.05. The van der Waals surface area contributed by atoms with Crippen molar-refractivity contribution in [3.05, 3.63) is 57.6 Å². The van der Waals surface area contributed by atoms with Crippen molar-refractivity contribution in [3.8, 4) is 0 Å². The number of nitrogens with one attached hydrogen (secondary N) is 1. The molecule has 0 heterocycles. The van der Waals surface area contributed by atoms with E-state index in [1.807, 2.05) is 39.2 Å². The number of benzene rings is 2. The van der Waals surface area contributed by atoms with Crippen molar-refractivity contribution < 1.29 is 18.6 Å². The maximum Gasteiger partial charge on any atom is 0.241 e. The molecular weight excluding hydrogens is 394 g/mol. The van der Waals surface area contributed by atoms with Crippen LogP contribution in [-0.2, 0) is 10.0 Å². The van der Waals surface area contributed by atoms with Crippen LogP contribution in [0.15, 0.2) is 34.1 Å². The Morgan fingerprint density at radius 1 is 0.929 bits per heavy atom. The maximum absolute atomic E-state index is 13.2. The highest BCUT2D eigenvalue weighted by Gasteiger charge is 2.30. The summed E-state index contributed by atoms with van der Waals surface area (Å²) in [5, 5.41) is 20.4. The molecule has 0 spiro atoms. The van der Waals surface area contributed by atoms with Gasteiger partial charge in [0, 0.05) is 4.90 Å². The predicted molar refractivity (Wildman–Crippen MR) is 115 cm³/mol. The molecule has 28 heavy (non-hydrogen) atoms. The Morgan fingerprint density at radius 2 is 1.39 bits per heavy atom. The van der Waals surface area contributed by atoms with Gasteiger partial charge in [-0.2, -0.15) is 0 Å². The first-order valence-electron chi connectivity index (χ1n) is 9.07. The lowest BCUT2D eigenvalue weighted by atomic mass is 9.95. The second-order valence-electron chi connectivity index (χ2n) is 7.08. The van der Waals surface area contributed by atoms with Gasteiger partial charge in [-0.3, -0.25) is 0 Å². The standard InChI is InChI=1S/C21H29NO4S2/c1-12-13(2)15(4)21(16(5)14(12)3)28(25,26)22-19(11-23)20(24)17-7-9-18(27-6)10-8-17/h7-10,19-20,22-24H,11H2,1-6H3. The SMILES string of the molecule is CSc1ccc(C(O)C(CO)NS(=O)(=O)c2c(C)c(C)c(C)c(C)c2C)cc1. The molecule has 0 bridgehead atoms. The number of thioether (sulfide) groups is 1. The van der Waals surface area contributed by atoms with Crippen LogP contribution in [0.5, 0.6) is 0 Å². The second kappa shape index (κ2) is 8.97. The summed E-state index contributed by atoms with van der Waals surface area (Å²) in [5.74, 6) is 0. The van der Waals surface area contributed by atoms with Crippen LogP contribution in [0.25, 0.3) is 0 Å². The monoisotopic (exact) mass is 423 g/mol. The first-order chi connectivity index (χ1) is 13.0. The van der Waals surface area contributed by atoms with Crippen molar-refractivity contribution in [3.63, 3.8) is 0 Å². The zero-order chi connectivity index (χ0) is 21.2. The quantitative estimate of drug-likeness (QED) is 0.595. The van der Waals surface area contributed by atoms with E-state index in [1.165, 1.54) is 0 Å². The van der Waals surface area contributed by atoms with E-state index in [0.717, 1.165) is 21.6 Å². The van der Waals surface area contributed by atoms with Crippen molar-refractivity contribution >= 4 is 21.8 Å². The normalized spacial score (nSPS) is 14.1. The number of hydrogen-bond donors (Lipinski definition) is 3. The average Bonchev–Trinajstić information content (AvgIpc) is 2.68. The Balaban J connectivity index is 2.41. The molecule has 7 heteroatoms. The van der Waals surface area contributed by atoms with E-state index in [2.05, 4.69) is 4.72 Å². The van der Waals surface area contributed by atoms with Gasteiger partial charge in [0.2, 0.25) is 10.0 Å². The van der Waals surface area contributed by atoms with Crippen LogP contribution >= 0.6 is 11.8 Å². The van der Waals surface area contributed by atoms with Crippen molar-refractivity contribution in [1.82, 2.24) is 4.72 Å². The Bertz CT molecular complexity index is 924. The predicted octanol–water partition coefficient (Wildman–Crippen LogP) is 3.32. The molecule has 0 aliphatic carbocycles. The molecule has 2 aromatic carbocycles. The van der Waals surface area contributed by atoms with Crippen LogP contribution in [0.1, 0.15) is 39.5 Å². The van der Waals surface area contributed by atoms with E-state index in [1.54, 1.807) is 37.7 Å². The Morgan fingerprint density at radius 3 is 1.82 bits per heavy atom. The van der Waals surface area contributed by atoms with Crippen LogP contribution in [-0.4, -0.2) is 37.5 Å². The molecule has 2 atom stereocenters. The summed E-state index contributed by atoms with van der Waals surface area (Å²) in [4.78, 5) is 1.26. The van der Waals surface area contributed by atoms with Gasteiger partial charge in [-0.1, -0.05) is 12.1 Å². The van der Waals surface area contributed by atoms with Crippen LogP contribution < -0.4 is 4.72 Å². The zero-order valence-electron chi connectivity index (χ0n) is 17.2. The zero-order valence-corrected chi connectivity index (χ0v) is 18.8. The van der Waals surface area contributed by atoms with Gasteiger partial charge in [0.15, 0.2) is 0 Å². The van der Waals surface area contributed by atoms with E-state index in [0.29, 0.717) is 16.7 Å². The van der Waals surface area contributed by atoms with Crippen molar-refractivity contribution in [1.29, 1.82) is 0 Å². The Hall–Kier alpha value is -1.38. The van der Waals surface area contributed by atoms with E-state index < -0.39 is 28.8 Å². The van der Waals surface area contributed by atoms with Gasteiger partial charge in [0.25, 0.3) is 0 Å². The number of aliphatic hydroxyl groups is 2. The van der Waals surface area contributed by atoms with Gasteiger partial charge in [-0.15, -0.1) is 11.8 Å². The smallest absolute Gasteiger partial charge is 0.241 e. The summed E-state index contributed by atoms with van der Waals surface area (Å²) in [7, 11) is -3.93. The molecule has 0 aromatic heterocycles. The van der Waals surface area contributed by atoms with E-state index in [4.69, 9.17) is 0 Å². The highest BCUT2D eigenvalue weighted by atomic mass is 32.2.